The molecule has 1 aromatic carbocycles. The van der Waals surface area contributed by atoms with Gasteiger partial charge < -0.3 is 19.4 Å². The van der Waals surface area contributed by atoms with Gasteiger partial charge in [0.25, 0.3) is 0 Å². The second-order valence-electron chi connectivity index (χ2n) is 7.07. The van der Waals surface area contributed by atoms with E-state index in [1.54, 1.807) is 24.5 Å². The summed E-state index contributed by atoms with van der Waals surface area (Å²) in [6.45, 7) is 6.49. The van der Waals surface area contributed by atoms with Crippen molar-refractivity contribution in [2.45, 2.75) is 13.5 Å². The largest absolute Gasteiger partial charge is 0.489 e. The summed E-state index contributed by atoms with van der Waals surface area (Å²) < 4.78 is 12.0. The number of benzene rings is 1. The first-order valence-electron chi connectivity index (χ1n) is 9.81. The number of furan rings is 1. The van der Waals surface area contributed by atoms with Crippen LogP contribution in [0.3, 0.4) is 0 Å². The first-order chi connectivity index (χ1) is 15.1. The van der Waals surface area contributed by atoms with Crippen molar-refractivity contribution in [3.8, 4) is 11.8 Å². The minimum Gasteiger partial charge on any atom is -0.489 e. The van der Waals surface area contributed by atoms with Gasteiger partial charge in [0, 0.05) is 47.9 Å². The minimum atomic E-state index is 0.453. The summed E-state index contributed by atoms with van der Waals surface area (Å²) in [4.78, 5) is 6.00. The van der Waals surface area contributed by atoms with Crippen molar-refractivity contribution >= 4 is 16.5 Å². The number of pyridine rings is 1. The molecule has 0 bridgehead atoms. The molecule has 1 N–H and O–H groups in total. The Hall–Kier alpha value is -4.24. The summed E-state index contributed by atoms with van der Waals surface area (Å²) in [6.07, 6.45) is 8.85. The summed E-state index contributed by atoms with van der Waals surface area (Å²) in [5.74, 6) is 2.32. The zero-order valence-electron chi connectivity index (χ0n) is 17.4. The van der Waals surface area contributed by atoms with Crippen LogP contribution in [-0.2, 0) is 6.61 Å². The van der Waals surface area contributed by atoms with Gasteiger partial charge in [-0.3, -0.25) is 4.98 Å². The lowest BCUT2D eigenvalue weighted by Gasteiger charge is -2.27. The Morgan fingerprint density at radius 2 is 2.19 bits per heavy atom. The van der Waals surface area contributed by atoms with Crippen molar-refractivity contribution in [2.75, 3.05) is 7.05 Å². The van der Waals surface area contributed by atoms with Crippen LogP contribution in [-0.4, -0.2) is 16.9 Å². The average Bonchev–Trinajstić information content (AvgIpc) is 3.23. The summed E-state index contributed by atoms with van der Waals surface area (Å²) in [6, 6.07) is 13.8. The van der Waals surface area contributed by atoms with E-state index in [9.17, 15) is 0 Å². The van der Waals surface area contributed by atoms with Gasteiger partial charge in [0.15, 0.2) is 0 Å². The molecule has 0 fully saturated rings. The maximum absolute atomic E-state index is 9.10. The number of aromatic nitrogens is 1. The lowest BCUT2D eigenvalue weighted by atomic mass is 10.1. The molecule has 1 aliphatic rings. The van der Waals surface area contributed by atoms with Gasteiger partial charge in [0.2, 0.25) is 0 Å². The van der Waals surface area contributed by atoms with Gasteiger partial charge in [0.05, 0.1) is 11.6 Å². The average molecular weight is 410 g/mol. The van der Waals surface area contributed by atoms with Gasteiger partial charge in [-0.15, -0.1) is 0 Å². The predicted octanol–water partition coefficient (Wildman–Crippen LogP) is 5.11. The predicted molar refractivity (Wildman–Crippen MR) is 120 cm³/mol. The highest BCUT2D eigenvalue weighted by Crippen LogP contribution is 2.31. The molecule has 0 saturated heterocycles. The van der Waals surface area contributed by atoms with Crippen LogP contribution in [0.2, 0.25) is 0 Å². The molecule has 0 saturated carbocycles. The molecule has 0 spiro atoms. The number of nitriles is 1. The molecule has 1 aliphatic heterocycles. The van der Waals surface area contributed by atoms with E-state index in [0.717, 1.165) is 39.4 Å². The van der Waals surface area contributed by atoms with Crippen LogP contribution in [0, 0.1) is 11.3 Å². The van der Waals surface area contributed by atoms with Gasteiger partial charge in [-0.1, -0.05) is 12.6 Å². The molecule has 0 aliphatic carbocycles. The molecular formula is C25H22N4O2. The van der Waals surface area contributed by atoms with Crippen LogP contribution in [0.5, 0.6) is 5.75 Å². The molecule has 6 heteroatoms. The molecule has 0 amide bonds. The van der Waals surface area contributed by atoms with Crippen LogP contribution >= 0.6 is 0 Å². The van der Waals surface area contributed by atoms with E-state index in [1.165, 1.54) is 0 Å². The zero-order chi connectivity index (χ0) is 21.8. The highest BCUT2D eigenvalue weighted by molar-refractivity contribution is 5.83. The van der Waals surface area contributed by atoms with Crippen LogP contribution in [0.1, 0.15) is 18.2 Å². The number of fused-ring (bicyclic) bond motifs is 1. The van der Waals surface area contributed by atoms with E-state index in [-0.39, 0.29) is 0 Å². The maximum atomic E-state index is 9.10. The van der Waals surface area contributed by atoms with Crippen LogP contribution in [0.4, 0.5) is 0 Å². The van der Waals surface area contributed by atoms with E-state index >= 15 is 0 Å². The Morgan fingerprint density at radius 1 is 1.32 bits per heavy atom. The monoisotopic (exact) mass is 410 g/mol. The normalized spacial score (nSPS) is 14.2. The van der Waals surface area contributed by atoms with E-state index in [0.29, 0.717) is 17.9 Å². The van der Waals surface area contributed by atoms with Gasteiger partial charge in [-0.2, -0.15) is 5.26 Å². The van der Waals surface area contributed by atoms with Gasteiger partial charge in [-0.05, 0) is 49.4 Å². The van der Waals surface area contributed by atoms with E-state index in [2.05, 4.69) is 22.9 Å². The number of nitrogens with zero attached hydrogens (tertiary/aromatic N) is 3. The number of rotatable bonds is 6. The minimum absolute atomic E-state index is 0.453. The molecule has 3 heterocycles. The molecule has 0 radical (unpaired) electrons. The molecule has 0 atom stereocenters. The SMILES string of the molecule is C=C1C=C(C#N)C=CN1/C(NC)=C(\C)c1cc2cc(OCc3cccnc3)ccc2o1. The van der Waals surface area contributed by atoms with Crippen molar-refractivity contribution in [3.63, 3.8) is 0 Å². The highest BCUT2D eigenvalue weighted by atomic mass is 16.5. The van der Waals surface area contributed by atoms with Crippen LogP contribution < -0.4 is 10.1 Å². The number of hydrogen-bond donors (Lipinski definition) is 1. The first kappa shape index (κ1) is 20.0. The quantitative estimate of drug-likeness (QED) is 0.609. The number of nitrogens with one attached hydrogen (secondary N) is 1. The third-order valence-corrected chi connectivity index (χ3v) is 4.98. The van der Waals surface area contributed by atoms with Gasteiger partial charge in [0.1, 0.15) is 29.5 Å². The summed E-state index contributed by atoms with van der Waals surface area (Å²) in [5.41, 5.74) is 3.97. The molecule has 6 nitrogen and oxygen atoms in total. The molecule has 3 aromatic rings. The van der Waals surface area contributed by atoms with Crippen molar-refractivity contribution in [1.82, 2.24) is 15.2 Å². The summed E-state index contributed by atoms with van der Waals surface area (Å²) in [7, 11) is 1.84. The van der Waals surface area contributed by atoms with Crippen molar-refractivity contribution in [2.24, 2.45) is 0 Å². The lowest BCUT2D eigenvalue weighted by Crippen LogP contribution is -2.26. The standard InChI is InChI=1S/C25H22N4O2/c1-17-11-19(14-26)8-10-29(17)25(27-3)18(2)24-13-21-12-22(6-7-23(21)31-24)30-16-20-5-4-9-28-15-20/h4-13,15,27H,1,16H2,2-3H3/b25-18+. The molecular weight excluding hydrogens is 388 g/mol. The van der Waals surface area contributed by atoms with Crippen LogP contribution in [0.15, 0.2) is 95.2 Å². The fourth-order valence-electron chi connectivity index (χ4n) is 3.39. The van der Waals surface area contributed by atoms with E-state index in [4.69, 9.17) is 14.4 Å². The van der Waals surface area contributed by atoms with Crippen molar-refractivity contribution in [1.29, 1.82) is 5.26 Å². The fraction of sp³-hybridized carbons (Fsp3) is 0.120. The maximum Gasteiger partial charge on any atom is 0.135 e. The molecule has 31 heavy (non-hydrogen) atoms. The summed E-state index contributed by atoms with van der Waals surface area (Å²) >= 11 is 0. The van der Waals surface area contributed by atoms with Crippen molar-refractivity contribution < 1.29 is 9.15 Å². The topological polar surface area (TPSA) is 74.3 Å². The number of hydrogen-bond acceptors (Lipinski definition) is 6. The smallest absolute Gasteiger partial charge is 0.135 e. The van der Waals surface area contributed by atoms with Gasteiger partial charge in [-0.25, -0.2) is 0 Å². The first-order valence-corrected chi connectivity index (χ1v) is 9.81. The Morgan fingerprint density at radius 3 is 2.90 bits per heavy atom. The highest BCUT2D eigenvalue weighted by Gasteiger charge is 2.18. The Labute approximate surface area is 181 Å². The summed E-state index contributed by atoms with van der Waals surface area (Å²) in [5, 5.41) is 13.3. The Balaban J connectivity index is 1.59. The molecule has 4 rings (SSSR count). The fourth-order valence-corrected chi connectivity index (χ4v) is 3.39. The number of allylic oxidation sites excluding steroid dienone is 4. The van der Waals surface area contributed by atoms with Crippen molar-refractivity contribution in [3.05, 3.63) is 102 Å². The van der Waals surface area contributed by atoms with E-state index < -0.39 is 0 Å². The Bertz CT molecular complexity index is 1260. The third-order valence-electron chi connectivity index (χ3n) is 4.98. The zero-order valence-corrected chi connectivity index (χ0v) is 17.4. The van der Waals surface area contributed by atoms with E-state index in [1.807, 2.05) is 61.5 Å². The second kappa shape index (κ2) is 8.64. The molecule has 154 valence electrons. The molecule has 0 unspecified atom stereocenters. The Kier molecular flexibility index (Phi) is 5.59. The lowest BCUT2D eigenvalue weighted by molar-refractivity contribution is 0.306. The van der Waals surface area contributed by atoms with Crippen LogP contribution in [0.25, 0.3) is 16.5 Å². The van der Waals surface area contributed by atoms with Gasteiger partial charge >= 0.3 is 0 Å². The third kappa shape index (κ3) is 4.21. The molecule has 2 aromatic heterocycles. The second-order valence-corrected chi connectivity index (χ2v) is 7.07. The number of ether oxygens (including phenoxy) is 1.